The van der Waals surface area contributed by atoms with Crippen LogP contribution in [0.3, 0.4) is 0 Å². The number of amides is 1. The molecule has 1 aliphatic heterocycles. The standard InChI is InChI=1S/C12H13BrN2O4/c13-9-5-7(1-2-8(9)10(14)16)15-12(11(17)18)3-4-19-6-12/h1-2,5,15H,3-4,6H2,(H2,14,16)(H,17,18). The summed E-state index contributed by atoms with van der Waals surface area (Å²) in [6, 6.07) is 4.79. The lowest BCUT2D eigenvalue weighted by Crippen LogP contribution is -2.47. The Balaban J connectivity index is 2.26. The molecule has 0 radical (unpaired) electrons. The summed E-state index contributed by atoms with van der Waals surface area (Å²) >= 11 is 3.23. The van der Waals surface area contributed by atoms with Gasteiger partial charge in [0.25, 0.3) is 0 Å². The minimum absolute atomic E-state index is 0.109. The van der Waals surface area contributed by atoms with Crippen LogP contribution in [0, 0.1) is 0 Å². The Labute approximate surface area is 118 Å². The number of aliphatic carboxylic acids is 1. The summed E-state index contributed by atoms with van der Waals surface area (Å²) in [7, 11) is 0. The van der Waals surface area contributed by atoms with Crippen LogP contribution < -0.4 is 11.1 Å². The quantitative estimate of drug-likeness (QED) is 0.770. The number of nitrogens with two attached hydrogens (primary N) is 1. The van der Waals surface area contributed by atoms with Crippen LogP contribution in [-0.4, -0.2) is 35.7 Å². The summed E-state index contributed by atoms with van der Waals surface area (Å²) in [6.45, 7) is 0.511. The lowest BCUT2D eigenvalue weighted by atomic mass is 9.98. The molecule has 1 saturated heterocycles. The molecular formula is C12H13BrN2O4. The predicted octanol–water partition coefficient (Wildman–Crippen LogP) is 1.20. The smallest absolute Gasteiger partial charge is 0.331 e. The Bertz CT molecular complexity index is 526. The fourth-order valence-corrected chi connectivity index (χ4v) is 2.53. The number of carbonyl (C=O) groups excluding carboxylic acids is 1. The molecule has 1 aromatic carbocycles. The van der Waals surface area contributed by atoms with Gasteiger partial charge in [0.15, 0.2) is 5.54 Å². The number of hydrogen-bond donors (Lipinski definition) is 3. The molecule has 4 N–H and O–H groups in total. The molecule has 7 heteroatoms. The van der Waals surface area contributed by atoms with Crippen molar-refractivity contribution in [2.24, 2.45) is 5.73 Å². The highest BCUT2D eigenvalue weighted by Crippen LogP contribution is 2.28. The normalized spacial score (nSPS) is 22.2. The number of hydrogen-bond acceptors (Lipinski definition) is 4. The highest BCUT2D eigenvalue weighted by molar-refractivity contribution is 9.10. The lowest BCUT2D eigenvalue weighted by Gasteiger charge is -2.25. The Hall–Kier alpha value is -1.60. The fourth-order valence-electron chi connectivity index (χ4n) is 1.95. The van der Waals surface area contributed by atoms with E-state index in [-0.39, 0.29) is 6.61 Å². The third-order valence-corrected chi connectivity index (χ3v) is 3.71. The number of nitrogens with one attached hydrogen (secondary N) is 1. The number of primary amides is 1. The van der Waals surface area contributed by atoms with Crippen LogP contribution in [0.15, 0.2) is 22.7 Å². The molecule has 0 saturated carbocycles. The van der Waals surface area contributed by atoms with E-state index in [9.17, 15) is 14.7 Å². The van der Waals surface area contributed by atoms with E-state index in [0.29, 0.717) is 28.8 Å². The van der Waals surface area contributed by atoms with Crippen molar-refractivity contribution in [2.45, 2.75) is 12.0 Å². The van der Waals surface area contributed by atoms with Gasteiger partial charge in [0.05, 0.1) is 12.2 Å². The maximum Gasteiger partial charge on any atom is 0.331 e. The zero-order chi connectivity index (χ0) is 14.0. The van der Waals surface area contributed by atoms with Gasteiger partial charge in [-0.25, -0.2) is 4.79 Å². The summed E-state index contributed by atoms with van der Waals surface area (Å²) in [6.07, 6.45) is 0.386. The summed E-state index contributed by atoms with van der Waals surface area (Å²) in [5.74, 6) is -1.50. The molecule has 102 valence electrons. The monoisotopic (exact) mass is 328 g/mol. The van der Waals surface area contributed by atoms with Crippen molar-refractivity contribution in [2.75, 3.05) is 18.5 Å². The third kappa shape index (κ3) is 2.71. The van der Waals surface area contributed by atoms with Crippen LogP contribution >= 0.6 is 15.9 Å². The number of halogens is 1. The van der Waals surface area contributed by atoms with Gasteiger partial charge in [0.1, 0.15) is 0 Å². The zero-order valence-corrected chi connectivity index (χ0v) is 11.6. The van der Waals surface area contributed by atoms with E-state index in [4.69, 9.17) is 10.5 Å². The van der Waals surface area contributed by atoms with Crippen LogP contribution in [-0.2, 0) is 9.53 Å². The van der Waals surface area contributed by atoms with Crippen LogP contribution in [0.1, 0.15) is 16.8 Å². The molecule has 0 bridgehead atoms. The van der Waals surface area contributed by atoms with E-state index in [1.54, 1.807) is 18.2 Å². The molecule has 6 nitrogen and oxygen atoms in total. The van der Waals surface area contributed by atoms with Crippen LogP contribution in [0.2, 0.25) is 0 Å². The van der Waals surface area contributed by atoms with Crippen molar-refractivity contribution < 1.29 is 19.4 Å². The van der Waals surface area contributed by atoms with Gasteiger partial charge in [0, 0.05) is 23.2 Å². The number of carbonyl (C=O) groups is 2. The fraction of sp³-hybridized carbons (Fsp3) is 0.333. The maximum absolute atomic E-state index is 11.4. The van der Waals surface area contributed by atoms with E-state index in [2.05, 4.69) is 21.2 Å². The van der Waals surface area contributed by atoms with E-state index < -0.39 is 17.4 Å². The highest BCUT2D eigenvalue weighted by Gasteiger charge is 2.42. The number of carboxylic acid groups (broad SMARTS) is 1. The molecule has 1 amide bonds. The zero-order valence-electron chi connectivity index (χ0n) is 9.98. The van der Waals surface area contributed by atoms with Crippen molar-refractivity contribution in [3.05, 3.63) is 28.2 Å². The van der Waals surface area contributed by atoms with Crippen molar-refractivity contribution in [1.82, 2.24) is 0 Å². The molecule has 1 aromatic rings. The number of ether oxygens (including phenoxy) is 1. The first kappa shape index (κ1) is 13.8. The van der Waals surface area contributed by atoms with Gasteiger partial charge in [-0.05, 0) is 34.1 Å². The van der Waals surface area contributed by atoms with Crippen molar-refractivity contribution in [1.29, 1.82) is 0 Å². The summed E-state index contributed by atoms with van der Waals surface area (Å²) < 4.78 is 5.68. The second-order valence-electron chi connectivity index (χ2n) is 4.37. The van der Waals surface area contributed by atoms with Gasteiger partial charge in [-0.3, -0.25) is 4.79 Å². The number of benzene rings is 1. The molecule has 19 heavy (non-hydrogen) atoms. The molecule has 1 heterocycles. The van der Waals surface area contributed by atoms with E-state index in [1.165, 1.54) is 0 Å². The Kier molecular flexibility index (Phi) is 3.77. The summed E-state index contributed by atoms with van der Waals surface area (Å²) in [5, 5.41) is 12.3. The van der Waals surface area contributed by atoms with E-state index >= 15 is 0 Å². The molecule has 0 spiro atoms. The maximum atomic E-state index is 11.4. The van der Waals surface area contributed by atoms with Gasteiger partial charge >= 0.3 is 5.97 Å². The minimum Gasteiger partial charge on any atom is -0.479 e. The summed E-state index contributed by atoms with van der Waals surface area (Å²) in [4.78, 5) is 22.5. The van der Waals surface area contributed by atoms with Crippen molar-refractivity contribution >= 4 is 33.5 Å². The average molecular weight is 329 g/mol. The van der Waals surface area contributed by atoms with Gasteiger partial charge in [-0.2, -0.15) is 0 Å². The van der Waals surface area contributed by atoms with Gasteiger partial charge in [-0.1, -0.05) is 0 Å². The van der Waals surface area contributed by atoms with Gasteiger partial charge < -0.3 is 20.9 Å². The molecule has 0 aliphatic carbocycles. The Morgan fingerprint density at radius 1 is 1.47 bits per heavy atom. The third-order valence-electron chi connectivity index (χ3n) is 3.05. The van der Waals surface area contributed by atoms with E-state index in [0.717, 1.165) is 0 Å². The van der Waals surface area contributed by atoms with Crippen molar-refractivity contribution in [3.8, 4) is 0 Å². The molecule has 1 unspecified atom stereocenters. The molecule has 2 rings (SSSR count). The minimum atomic E-state index is -1.12. The highest BCUT2D eigenvalue weighted by atomic mass is 79.9. The van der Waals surface area contributed by atoms with Gasteiger partial charge in [0.2, 0.25) is 5.91 Å². The van der Waals surface area contributed by atoms with Crippen molar-refractivity contribution in [3.63, 3.8) is 0 Å². The average Bonchev–Trinajstić information content (AvgIpc) is 2.78. The first-order valence-corrected chi connectivity index (χ1v) is 6.43. The largest absolute Gasteiger partial charge is 0.479 e. The number of rotatable bonds is 4. The predicted molar refractivity (Wildman–Crippen MR) is 72.1 cm³/mol. The molecule has 1 fully saturated rings. The number of anilines is 1. The van der Waals surface area contributed by atoms with E-state index in [1.807, 2.05) is 0 Å². The first-order valence-electron chi connectivity index (χ1n) is 5.63. The molecule has 0 aromatic heterocycles. The lowest BCUT2D eigenvalue weighted by molar-refractivity contribution is -0.142. The second-order valence-corrected chi connectivity index (χ2v) is 5.23. The Morgan fingerprint density at radius 2 is 2.21 bits per heavy atom. The van der Waals surface area contributed by atoms with Gasteiger partial charge in [-0.15, -0.1) is 0 Å². The molecular weight excluding hydrogens is 316 g/mol. The molecule has 1 atom stereocenters. The summed E-state index contributed by atoms with van der Waals surface area (Å²) in [5.41, 5.74) is 5.01. The molecule has 1 aliphatic rings. The second kappa shape index (κ2) is 5.18. The topological polar surface area (TPSA) is 102 Å². The first-order chi connectivity index (χ1) is 8.94. The van der Waals surface area contributed by atoms with Crippen LogP contribution in [0.25, 0.3) is 0 Å². The van der Waals surface area contributed by atoms with Crippen LogP contribution in [0.5, 0.6) is 0 Å². The Morgan fingerprint density at radius 3 is 2.68 bits per heavy atom. The number of carboxylic acids is 1. The SMILES string of the molecule is NC(=O)c1ccc(NC2(C(=O)O)CCOC2)cc1Br. The van der Waals surface area contributed by atoms with Crippen LogP contribution in [0.4, 0.5) is 5.69 Å².